The van der Waals surface area contributed by atoms with Gasteiger partial charge in [0.2, 0.25) is 11.8 Å². The summed E-state index contributed by atoms with van der Waals surface area (Å²) in [6, 6.07) is 2.66. The zero-order valence-electron chi connectivity index (χ0n) is 26.3. The molecule has 2 aliphatic rings. The van der Waals surface area contributed by atoms with E-state index in [4.69, 9.17) is 0 Å². The van der Waals surface area contributed by atoms with Gasteiger partial charge in [0.25, 0.3) is 5.91 Å². The zero-order chi connectivity index (χ0) is 32.1. The highest BCUT2D eigenvalue weighted by atomic mass is 32.1. The Labute approximate surface area is 256 Å². The highest BCUT2D eigenvalue weighted by Gasteiger charge is 2.54. The molecule has 11 heteroatoms. The van der Waals surface area contributed by atoms with Crippen LogP contribution >= 0.6 is 11.3 Å². The fraction of sp³-hybridized carbons (Fsp3) is 0.625. The third-order valence-electron chi connectivity index (χ3n) is 8.12. The number of rotatable bonds is 8. The van der Waals surface area contributed by atoms with Crippen LogP contribution in [0.4, 0.5) is 8.78 Å². The van der Waals surface area contributed by atoms with E-state index in [1.165, 1.54) is 0 Å². The van der Waals surface area contributed by atoms with E-state index in [0.29, 0.717) is 0 Å². The Kier molecular flexibility index (Phi) is 9.11. The summed E-state index contributed by atoms with van der Waals surface area (Å²) in [5.74, 6) is -2.39. The molecule has 8 nitrogen and oxygen atoms in total. The predicted molar refractivity (Wildman–Crippen MR) is 163 cm³/mol. The molecule has 1 aliphatic carbocycles. The number of thiazole rings is 1. The number of hydrogen-bond acceptors (Lipinski definition) is 6. The second-order valence-corrected chi connectivity index (χ2v) is 15.2. The number of benzene rings is 1. The molecule has 1 aromatic carbocycles. The first-order valence-corrected chi connectivity index (χ1v) is 15.7. The zero-order valence-corrected chi connectivity index (χ0v) is 27.1. The fourth-order valence-electron chi connectivity index (χ4n) is 5.57. The monoisotopic (exact) mass is 618 g/mol. The van der Waals surface area contributed by atoms with Crippen LogP contribution < -0.4 is 10.6 Å². The molecule has 3 amide bonds. The summed E-state index contributed by atoms with van der Waals surface area (Å²) in [4.78, 5) is 46.3. The van der Waals surface area contributed by atoms with Gasteiger partial charge in [-0.05, 0) is 66.7 Å². The maximum Gasteiger partial charge on any atom is 0.258 e. The van der Waals surface area contributed by atoms with Gasteiger partial charge in [-0.15, -0.1) is 11.3 Å². The molecule has 0 radical (unpaired) electrons. The van der Waals surface area contributed by atoms with Crippen LogP contribution in [0.2, 0.25) is 0 Å². The smallest absolute Gasteiger partial charge is 0.258 e. The number of aliphatic hydroxyl groups is 1. The van der Waals surface area contributed by atoms with E-state index in [2.05, 4.69) is 42.5 Å². The Morgan fingerprint density at radius 2 is 1.81 bits per heavy atom. The van der Waals surface area contributed by atoms with Crippen molar-refractivity contribution >= 4 is 29.1 Å². The van der Waals surface area contributed by atoms with Gasteiger partial charge in [0.1, 0.15) is 18.2 Å². The number of β-amino-alcohol motifs (C(OH)–C–C–N with tert-alkyl or cyclic N) is 1. The number of amides is 3. The van der Waals surface area contributed by atoms with Crippen LogP contribution in [0.5, 0.6) is 0 Å². The first kappa shape index (κ1) is 33.0. The molecule has 236 valence electrons. The van der Waals surface area contributed by atoms with Crippen LogP contribution in [-0.4, -0.2) is 69.3 Å². The van der Waals surface area contributed by atoms with E-state index >= 15 is 4.39 Å². The molecular weight excluding hydrogens is 574 g/mol. The van der Waals surface area contributed by atoms with Crippen molar-refractivity contribution in [3.8, 4) is 10.4 Å². The number of carbonyl (C=O) groups is 3. The van der Waals surface area contributed by atoms with Crippen molar-refractivity contribution in [2.75, 3.05) is 6.54 Å². The number of halogens is 2. The van der Waals surface area contributed by atoms with Gasteiger partial charge in [0.05, 0.1) is 28.7 Å². The van der Waals surface area contributed by atoms with E-state index in [9.17, 15) is 23.9 Å². The summed E-state index contributed by atoms with van der Waals surface area (Å²) in [5, 5.41) is 15.8. The molecule has 1 saturated heterocycles. The molecule has 4 rings (SSSR count). The highest BCUT2D eigenvalue weighted by molar-refractivity contribution is 7.13. The van der Waals surface area contributed by atoms with Gasteiger partial charge in [-0.25, -0.2) is 13.8 Å². The number of alkyl halides is 2. The third kappa shape index (κ3) is 7.25. The van der Waals surface area contributed by atoms with E-state index in [0.717, 1.165) is 38.6 Å². The molecule has 43 heavy (non-hydrogen) atoms. The third-order valence-corrected chi connectivity index (χ3v) is 9.10. The molecule has 1 aliphatic heterocycles. The van der Waals surface area contributed by atoms with E-state index in [1.807, 2.05) is 19.1 Å². The van der Waals surface area contributed by atoms with Crippen LogP contribution in [0.1, 0.15) is 84.2 Å². The number of nitrogens with one attached hydrogen (secondary N) is 2. The molecule has 0 bridgehead atoms. The van der Waals surface area contributed by atoms with Crippen LogP contribution in [0.15, 0.2) is 23.7 Å². The van der Waals surface area contributed by atoms with Gasteiger partial charge >= 0.3 is 0 Å². The Morgan fingerprint density at radius 3 is 2.35 bits per heavy atom. The van der Waals surface area contributed by atoms with Gasteiger partial charge in [0.15, 0.2) is 11.8 Å². The molecular formula is C32H44F2N4O4S. The van der Waals surface area contributed by atoms with E-state index in [-0.39, 0.29) is 18.3 Å². The number of nitrogens with zero attached hydrogens (tertiary/aromatic N) is 2. The summed E-state index contributed by atoms with van der Waals surface area (Å²) in [6.45, 7) is 14.8. The van der Waals surface area contributed by atoms with Crippen LogP contribution in [0.3, 0.4) is 0 Å². The summed E-state index contributed by atoms with van der Waals surface area (Å²) in [6.07, 6.45) is -2.75. The lowest BCUT2D eigenvalue weighted by molar-refractivity contribution is -0.145. The van der Waals surface area contributed by atoms with Gasteiger partial charge in [-0.1, -0.05) is 53.7 Å². The highest BCUT2D eigenvalue weighted by Crippen LogP contribution is 2.40. The van der Waals surface area contributed by atoms with Crippen molar-refractivity contribution in [2.24, 2.45) is 10.8 Å². The second kappa shape index (κ2) is 11.9. The Balaban J connectivity index is 1.59. The van der Waals surface area contributed by atoms with Crippen LogP contribution in [0, 0.1) is 17.8 Å². The molecule has 2 aromatic rings. The lowest BCUT2D eigenvalue weighted by Crippen LogP contribution is -2.59. The average molecular weight is 619 g/mol. The first-order valence-electron chi connectivity index (χ1n) is 14.8. The lowest BCUT2D eigenvalue weighted by Gasteiger charge is -2.36. The number of carbonyl (C=O) groups excluding carboxylic acids is 3. The topological polar surface area (TPSA) is 112 Å². The van der Waals surface area contributed by atoms with Crippen molar-refractivity contribution in [3.05, 3.63) is 40.5 Å². The van der Waals surface area contributed by atoms with Crippen LogP contribution in [0.25, 0.3) is 10.4 Å². The minimum atomic E-state index is -2.03. The molecule has 3 N–H and O–H groups in total. The summed E-state index contributed by atoms with van der Waals surface area (Å²) in [7, 11) is 0. The summed E-state index contributed by atoms with van der Waals surface area (Å²) < 4.78 is 29.9. The maximum absolute atomic E-state index is 15.4. The molecule has 0 unspecified atom stereocenters. The standard InChI is InChI=1S/C32H44F2N4O4S/c1-17(21-10-9-19(25-18(2)35-16-43-25)13-20(21)14-30(3,4)5)36-27(40)24-23(33)22(39)15-38(24)28(41)26(31(6,7)8)37-29(42)32(34)11-12-32/h9-10,13,16-17,22-24,26,39H,11-12,14-15H2,1-8H3,(H,36,40)(H,37,42)/t17-,22-,23-,24-,26+/m0/s1. The average Bonchev–Trinajstić information content (AvgIpc) is 3.38. The van der Waals surface area contributed by atoms with Crippen molar-refractivity contribution in [1.82, 2.24) is 20.5 Å². The SMILES string of the molecule is Cc1ncsc1-c1ccc([C@H](C)NC(=O)[C@@H]2[C@@H](F)[C@@H](O)CN2C(=O)[C@@H](NC(=O)C2(F)CC2)C(C)(C)C)c(CC(C)(C)C)c1. The molecule has 2 heterocycles. The lowest BCUT2D eigenvalue weighted by atomic mass is 9.84. The van der Waals surface area contributed by atoms with Gasteiger partial charge in [0, 0.05) is 0 Å². The van der Waals surface area contributed by atoms with Crippen molar-refractivity contribution in [1.29, 1.82) is 0 Å². The van der Waals surface area contributed by atoms with Gasteiger partial charge < -0.3 is 20.6 Å². The van der Waals surface area contributed by atoms with Gasteiger partial charge in [-0.3, -0.25) is 14.4 Å². The van der Waals surface area contributed by atoms with Gasteiger partial charge in [-0.2, -0.15) is 0 Å². The maximum atomic E-state index is 15.4. The van der Waals surface area contributed by atoms with Crippen molar-refractivity contribution in [3.63, 3.8) is 0 Å². The molecule has 5 atom stereocenters. The largest absolute Gasteiger partial charge is 0.388 e. The minimum Gasteiger partial charge on any atom is -0.388 e. The number of hydrogen-bond donors (Lipinski definition) is 3. The summed E-state index contributed by atoms with van der Waals surface area (Å²) >= 11 is 1.56. The predicted octanol–water partition coefficient (Wildman–Crippen LogP) is 4.83. The molecule has 1 aromatic heterocycles. The minimum absolute atomic E-state index is 0.0618. The normalized spacial score (nSPS) is 23.0. The molecule has 2 fully saturated rings. The second-order valence-electron chi connectivity index (χ2n) is 14.3. The number of aliphatic hydroxyl groups excluding tert-OH is 1. The van der Waals surface area contributed by atoms with Crippen LogP contribution in [-0.2, 0) is 20.8 Å². The Hall–Kier alpha value is -2.92. The Bertz CT molecular complexity index is 1380. The number of likely N-dealkylation sites (tertiary alicyclic amines) is 1. The first-order chi connectivity index (χ1) is 19.8. The fourth-order valence-corrected chi connectivity index (χ4v) is 6.37. The van der Waals surface area contributed by atoms with E-state index in [1.54, 1.807) is 44.5 Å². The van der Waals surface area contributed by atoms with Crippen molar-refractivity contribution in [2.45, 2.75) is 111 Å². The molecule has 1 saturated carbocycles. The number of aryl methyl sites for hydroxylation is 1. The number of aromatic nitrogens is 1. The Morgan fingerprint density at radius 1 is 1.16 bits per heavy atom. The van der Waals surface area contributed by atoms with Crippen molar-refractivity contribution < 1.29 is 28.3 Å². The quantitative estimate of drug-likeness (QED) is 0.393. The van der Waals surface area contributed by atoms with E-state index < -0.39 is 65.8 Å². The summed E-state index contributed by atoms with van der Waals surface area (Å²) in [5.41, 5.74) is 2.71. The molecule has 0 spiro atoms.